The summed E-state index contributed by atoms with van der Waals surface area (Å²) in [6.07, 6.45) is 2.03. The molecule has 0 aliphatic heterocycles. The van der Waals surface area contributed by atoms with Crippen molar-refractivity contribution in [3.63, 3.8) is 0 Å². The predicted molar refractivity (Wildman–Crippen MR) is 70.2 cm³/mol. The maximum Gasteiger partial charge on any atom is 0.138 e. The lowest BCUT2D eigenvalue weighted by Crippen LogP contribution is -2.15. The Labute approximate surface area is 104 Å². The van der Waals surface area contributed by atoms with E-state index in [0.29, 0.717) is 6.42 Å². The highest BCUT2D eigenvalue weighted by molar-refractivity contribution is 7.18. The molecule has 0 aliphatic rings. The fourth-order valence-electron chi connectivity index (χ4n) is 1.71. The van der Waals surface area contributed by atoms with E-state index in [1.165, 1.54) is 10.4 Å². The summed E-state index contributed by atoms with van der Waals surface area (Å²) in [5, 5.41) is 13.0. The first kappa shape index (κ1) is 11.8. The standard InChI is InChI=1S/C12H14N4S/c1-7(4-5-13)16-11-10-8(2)9(3)17-12(10)15-6-14-11/h6-7H,4H2,1-3H3,(H,14,15,16)/t7-/m1/s1. The quantitative estimate of drug-likeness (QED) is 0.904. The van der Waals surface area contributed by atoms with E-state index in [1.54, 1.807) is 17.7 Å². The van der Waals surface area contributed by atoms with Gasteiger partial charge in [0.25, 0.3) is 0 Å². The zero-order chi connectivity index (χ0) is 12.4. The van der Waals surface area contributed by atoms with Gasteiger partial charge < -0.3 is 5.32 Å². The number of rotatable bonds is 3. The van der Waals surface area contributed by atoms with Crippen molar-refractivity contribution in [1.29, 1.82) is 5.26 Å². The summed E-state index contributed by atoms with van der Waals surface area (Å²) in [7, 11) is 0. The van der Waals surface area contributed by atoms with Gasteiger partial charge >= 0.3 is 0 Å². The molecular formula is C12H14N4S. The van der Waals surface area contributed by atoms with Crippen LogP contribution in [-0.4, -0.2) is 16.0 Å². The minimum Gasteiger partial charge on any atom is -0.366 e. The van der Waals surface area contributed by atoms with Crippen molar-refractivity contribution in [3.05, 3.63) is 16.8 Å². The van der Waals surface area contributed by atoms with E-state index < -0.39 is 0 Å². The molecule has 0 saturated carbocycles. The second-order valence-electron chi connectivity index (χ2n) is 4.09. The molecule has 0 amide bonds. The van der Waals surface area contributed by atoms with Crippen molar-refractivity contribution in [1.82, 2.24) is 9.97 Å². The Balaban J connectivity index is 2.44. The summed E-state index contributed by atoms with van der Waals surface area (Å²) in [5.41, 5.74) is 1.22. The second kappa shape index (κ2) is 4.68. The Hall–Kier alpha value is -1.67. The third-order valence-corrected chi connectivity index (χ3v) is 3.86. The summed E-state index contributed by atoms with van der Waals surface area (Å²) in [5.74, 6) is 0.833. The van der Waals surface area contributed by atoms with Gasteiger partial charge in [-0.2, -0.15) is 5.26 Å². The highest BCUT2D eigenvalue weighted by atomic mass is 32.1. The Morgan fingerprint density at radius 3 is 2.94 bits per heavy atom. The zero-order valence-electron chi connectivity index (χ0n) is 10.1. The predicted octanol–water partition coefficient (Wildman–Crippen LogP) is 3.02. The van der Waals surface area contributed by atoms with Crippen molar-refractivity contribution in [2.45, 2.75) is 33.2 Å². The Morgan fingerprint density at radius 1 is 1.47 bits per heavy atom. The third kappa shape index (κ3) is 2.22. The van der Waals surface area contributed by atoms with Crippen LogP contribution in [0.25, 0.3) is 10.2 Å². The first-order valence-electron chi connectivity index (χ1n) is 5.47. The van der Waals surface area contributed by atoms with Crippen LogP contribution in [0.4, 0.5) is 5.82 Å². The molecule has 5 heteroatoms. The monoisotopic (exact) mass is 246 g/mol. The van der Waals surface area contributed by atoms with Gasteiger partial charge in [-0.15, -0.1) is 11.3 Å². The average Bonchev–Trinajstić information content (AvgIpc) is 2.56. The molecule has 1 atom stereocenters. The van der Waals surface area contributed by atoms with E-state index in [4.69, 9.17) is 5.26 Å². The third-order valence-electron chi connectivity index (χ3n) is 2.75. The van der Waals surface area contributed by atoms with Crippen LogP contribution in [-0.2, 0) is 0 Å². The molecule has 2 heterocycles. The first-order valence-corrected chi connectivity index (χ1v) is 6.29. The Morgan fingerprint density at radius 2 is 2.24 bits per heavy atom. The maximum atomic E-state index is 8.67. The van der Waals surface area contributed by atoms with Crippen molar-refractivity contribution in [2.75, 3.05) is 5.32 Å². The van der Waals surface area contributed by atoms with Crippen LogP contribution >= 0.6 is 11.3 Å². The van der Waals surface area contributed by atoms with Gasteiger partial charge in [0.15, 0.2) is 0 Å². The lowest BCUT2D eigenvalue weighted by atomic mass is 10.2. The van der Waals surface area contributed by atoms with Crippen LogP contribution in [0.2, 0.25) is 0 Å². The molecule has 0 fully saturated rings. The SMILES string of the molecule is Cc1sc2ncnc(N[C@H](C)CC#N)c2c1C. The van der Waals surface area contributed by atoms with Gasteiger partial charge in [-0.25, -0.2) is 9.97 Å². The van der Waals surface area contributed by atoms with Gasteiger partial charge in [0, 0.05) is 10.9 Å². The number of hydrogen-bond donors (Lipinski definition) is 1. The van der Waals surface area contributed by atoms with Gasteiger partial charge in [0.2, 0.25) is 0 Å². The molecule has 1 N–H and O–H groups in total. The number of aryl methyl sites for hydroxylation is 2. The summed E-state index contributed by atoms with van der Waals surface area (Å²) in [6, 6.07) is 2.25. The van der Waals surface area contributed by atoms with E-state index >= 15 is 0 Å². The van der Waals surface area contributed by atoms with E-state index in [-0.39, 0.29) is 6.04 Å². The lowest BCUT2D eigenvalue weighted by molar-refractivity contribution is 0.815. The van der Waals surface area contributed by atoms with Crippen molar-refractivity contribution in [3.8, 4) is 6.07 Å². The zero-order valence-corrected chi connectivity index (χ0v) is 10.9. The van der Waals surface area contributed by atoms with Crippen molar-refractivity contribution < 1.29 is 0 Å². The molecule has 2 aromatic heterocycles. The molecule has 0 unspecified atom stereocenters. The second-order valence-corrected chi connectivity index (χ2v) is 5.30. The van der Waals surface area contributed by atoms with Crippen LogP contribution in [0, 0.1) is 25.2 Å². The number of nitrogens with zero attached hydrogens (tertiary/aromatic N) is 3. The minimum atomic E-state index is 0.0951. The number of aromatic nitrogens is 2. The fraction of sp³-hybridized carbons (Fsp3) is 0.417. The molecule has 17 heavy (non-hydrogen) atoms. The lowest BCUT2D eigenvalue weighted by Gasteiger charge is -2.11. The first-order chi connectivity index (χ1) is 8.13. The van der Waals surface area contributed by atoms with Gasteiger partial charge in [-0.1, -0.05) is 0 Å². The Bertz CT molecular complexity index is 582. The highest BCUT2D eigenvalue weighted by Crippen LogP contribution is 2.32. The largest absolute Gasteiger partial charge is 0.366 e. The molecule has 2 rings (SSSR count). The number of thiophene rings is 1. The van der Waals surface area contributed by atoms with Crippen molar-refractivity contribution in [2.24, 2.45) is 0 Å². The number of hydrogen-bond acceptors (Lipinski definition) is 5. The molecule has 0 aliphatic carbocycles. The summed E-state index contributed by atoms with van der Waals surface area (Å²) in [6.45, 7) is 6.15. The summed E-state index contributed by atoms with van der Waals surface area (Å²) < 4.78 is 0. The van der Waals surface area contributed by atoms with Crippen molar-refractivity contribution >= 4 is 27.4 Å². The van der Waals surface area contributed by atoms with Crippen LogP contribution in [0.5, 0.6) is 0 Å². The highest BCUT2D eigenvalue weighted by Gasteiger charge is 2.13. The number of nitriles is 1. The van der Waals surface area contributed by atoms with Gasteiger partial charge in [0.05, 0.1) is 17.9 Å². The molecule has 4 nitrogen and oxygen atoms in total. The number of fused-ring (bicyclic) bond motifs is 1. The molecule has 0 radical (unpaired) electrons. The Kier molecular flexibility index (Phi) is 3.25. The van der Waals surface area contributed by atoms with E-state index in [0.717, 1.165) is 16.0 Å². The van der Waals surface area contributed by atoms with Gasteiger partial charge in [0.1, 0.15) is 17.0 Å². The maximum absolute atomic E-state index is 8.67. The van der Waals surface area contributed by atoms with Crippen LogP contribution in [0.15, 0.2) is 6.33 Å². The normalized spacial score (nSPS) is 12.4. The molecular weight excluding hydrogens is 232 g/mol. The molecule has 88 valence electrons. The van der Waals surface area contributed by atoms with E-state index in [9.17, 15) is 0 Å². The van der Waals surface area contributed by atoms with E-state index in [1.807, 2.05) is 6.92 Å². The smallest absolute Gasteiger partial charge is 0.138 e. The molecule has 0 aromatic carbocycles. The fourth-order valence-corrected chi connectivity index (χ4v) is 2.71. The van der Waals surface area contributed by atoms with Gasteiger partial charge in [-0.05, 0) is 26.3 Å². The summed E-state index contributed by atoms with van der Waals surface area (Å²) in [4.78, 5) is 10.8. The average molecular weight is 246 g/mol. The summed E-state index contributed by atoms with van der Waals surface area (Å²) >= 11 is 1.68. The topological polar surface area (TPSA) is 61.6 Å². The number of anilines is 1. The molecule has 2 aromatic rings. The molecule has 0 spiro atoms. The van der Waals surface area contributed by atoms with Crippen LogP contribution in [0.3, 0.4) is 0 Å². The van der Waals surface area contributed by atoms with Crippen LogP contribution in [0.1, 0.15) is 23.8 Å². The van der Waals surface area contributed by atoms with Crippen LogP contribution < -0.4 is 5.32 Å². The van der Waals surface area contributed by atoms with Gasteiger partial charge in [-0.3, -0.25) is 0 Å². The molecule has 0 saturated heterocycles. The molecule has 0 bridgehead atoms. The number of nitrogens with one attached hydrogen (secondary N) is 1. The minimum absolute atomic E-state index is 0.0951. The van der Waals surface area contributed by atoms with E-state index in [2.05, 4.69) is 35.2 Å².